The molecular weight excluding hydrogens is 351 g/mol. The molecule has 0 atom stereocenters. The standard InChI is InChI=1S/C22H36Cl2O/c1-3-5-6-8-18-11-15-21(16-12-18)19(25)20(22(21,23)24)13-9-17(7-4-2)10-14-20/h17-18H,3-16H2,1-2H3. The number of ketones is 1. The van der Waals surface area contributed by atoms with Gasteiger partial charge in [0.15, 0.2) is 5.78 Å². The van der Waals surface area contributed by atoms with E-state index in [9.17, 15) is 4.79 Å². The van der Waals surface area contributed by atoms with Gasteiger partial charge in [-0.15, -0.1) is 0 Å². The predicted molar refractivity (Wildman–Crippen MR) is 107 cm³/mol. The van der Waals surface area contributed by atoms with Crippen LogP contribution in [0.3, 0.4) is 0 Å². The average molecular weight is 387 g/mol. The molecular formula is C22H36Cl2O. The van der Waals surface area contributed by atoms with Crippen LogP contribution >= 0.6 is 23.2 Å². The van der Waals surface area contributed by atoms with Gasteiger partial charge in [-0.3, -0.25) is 4.79 Å². The van der Waals surface area contributed by atoms with Crippen LogP contribution in [-0.2, 0) is 4.79 Å². The van der Waals surface area contributed by atoms with Crippen LogP contribution in [0.1, 0.15) is 104 Å². The highest BCUT2D eigenvalue weighted by Gasteiger charge is 2.78. The molecule has 3 aliphatic carbocycles. The minimum Gasteiger partial charge on any atom is -0.298 e. The normalized spacial score (nSPS) is 40.4. The van der Waals surface area contributed by atoms with Crippen LogP contribution in [0.15, 0.2) is 0 Å². The number of Topliss-reactive ketones (excluding diaryl/α,β-unsaturated/α-hetero) is 1. The molecule has 0 aromatic heterocycles. The van der Waals surface area contributed by atoms with Crippen molar-refractivity contribution in [2.24, 2.45) is 22.7 Å². The van der Waals surface area contributed by atoms with Gasteiger partial charge in [0.05, 0.1) is 10.8 Å². The molecule has 0 saturated heterocycles. The maximum absolute atomic E-state index is 13.4. The summed E-state index contributed by atoms with van der Waals surface area (Å²) in [6, 6.07) is 0. The topological polar surface area (TPSA) is 17.1 Å². The van der Waals surface area contributed by atoms with E-state index in [1.54, 1.807) is 0 Å². The molecule has 25 heavy (non-hydrogen) atoms. The lowest BCUT2D eigenvalue weighted by atomic mass is 9.42. The van der Waals surface area contributed by atoms with Gasteiger partial charge in [0.1, 0.15) is 4.33 Å². The molecule has 3 fully saturated rings. The maximum Gasteiger partial charge on any atom is 0.151 e. The zero-order valence-corrected chi connectivity index (χ0v) is 17.7. The Morgan fingerprint density at radius 1 is 0.800 bits per heavy atom. The van der Waals surface area contributed by atoms with Crippen LogP contribution in [0.2, 0.25) is 0 Å². The summed E-state index contributed by atoms with van der Waals surface area (Å²) in [7, 11) is 0. The summed E-state index contributed by atoms with van der Waals surface area (Å²) >= 11 is 14.0. The van der Waals surface area contributed by atoms with E-state index < -0.39 is 15.2 Å². The SMILES string of the molecule is CCCCCC1CCC2(CC1)C(=O)C1(CCC(CCC)CC1)C2(Cl)Cl. The molecule has 0 bridgehead atoms. The van der Waals surface area contributed by atoms with Crippen molar-refractivity contribution < 1.29 is 4.79 Å². The largest absolute Gasteiger partial charge is 0.298 e. The summed E-state index contributed by atoms with van der Waals surface area (Å²) < 4.78 is -0.817. The van der Waals surface area contributed by atoms with Gasteiger partial charge in [-0.1, -0.05) is 75.6 Å². The van der Waals surface area contributed by atoms with Gasteiger partial charge < -0.3 is 0 Å². The Kier molecular flexibility index (Phi) is 6.16. The molecule has 0 heterocycles. The first kappa shape index (κ1) is 20.0. The van der Waals surface area contributed by atoms with Crippen molar-refractivity contribution in [3.05, 3.63) is 0 Å². The maximum atomic E-state index is 13.4. The van der Waals surface area contributed by atoms with Crippen LogP contribution in [-0.4, -0.2) is 10.1 Å². The van der Waals surface area contributed by atoms with E-state index >= 15 is 0 Å². The first-order valence-electron chi connectivity index (χ1n) is 10.9. The number of carbonyl (C=O) groups is 1. The summed E-state index contributed by atoms with van der Waals surface area (Å²) in [6.45, 7) is 4.51. The summed E-state index contributed by atoms with van der Waals surface area (Å²) in [4.78, 5) is 13.4. The molecule has 0 aromatic rings. The first-order chi connectivity index (χ1) is 11.9. The van der Waals surface area contributed by atoms with E-state index in [0.717, 1.165) is 63.2 Å². The smallest absolute Gasteiger partial charge is 0.151 e. The van der Waals surface area contributed by atoms with E-state index in [0.29, 0.717) is 5.78 Å². The molecule has 0 aliphatic heterocycles. The van der Waals surface area contributed by atoms with E-state index in [2.05, 4.69) is 13.8 Å². The molecule has 3 saturated carbocycles. The Morgan fingerprint density at radius 3 is 1.68 bits per heavy atom. The minimum atomic E-state index is -0.817. The number of carbonyl (C=O) groups excluding carboxylic acids is 1. The van der Waals surface area contributed by atoms with Gasteiger partial charge in [0.25, 0.3) is 0 Å². The molecule has 3 rings (SSSR count). The van der Waals surface area contributed by atoms with Crippen LogP contribution in [0.5, 0.6) is 0 Å². The highest BCUT2D eigenvalue weighted by atomic mass is 35.5. The molecule has 0 amide bonds. The highest BCUT2D eigenvalue weighted by molar-refractivity contribution is 6.55. The lowest BCUT2D eigenvalue weighted by Crippen LogP contribution is -2.74. The molecule has 2 spiro atoms. The highest BCUT2D eigenvalue weighted by Crippen LogP contribution is 2.74. The fourth-order valence-electron chi connectivity index (χ4n) is 6.23. The van der Waals surface area contributed by atoms with Crippen molar-refractivity contribution in [3.8, 4) is 0 Å². The van der Waals surface area contributed by atoms with Crippen molar-refractivity contribution in [2.45, 2.75) is 108 Å². The molecule has 3 heteroatoms. The molecule has 0 aromatic carbocycles. The number of halogens is 2. The third kappa shape index (κ3) is 3.10. The Bertz CT molecular complexity index is 468. The van der Waals surface area contributed by atoms with Gasteiger partial charge in [0, 0.05) is 0 Å². The summed E-state index contributed by atoms with van der Waals surface area (Å²) in [5.74, 6) is 2.00. The van der Waals surface area contributed by atoms with Gasteiger partial charge in [0.2, 0.25) is 0 Å². The van der Waals surface area contributed by atoms with Crippen molar-refractivity contribution in [1.82, 2.24) is 0 Å². The molecule has 144 valence electrons. The fraction of sp³-hybridized carbons (Fsp3) is 0.955. The van der Waals surface area contributed by atoms with Gasteiger partial charge >= 0.3 is 0 Å². The third-order valence-corrected chi connectivity index (χ3v) is 9.35. The van der Waals surface area contributed by atoms with E-state index in [4.69, 9.17) is 23.2 Å². The lowest BCUT2D eigenvalue weighted by Gasteiger charge is -2.67. The summed E-state index contributed by atoms with van der Waals surface area (Å²) in [5.41, 5.74) is -0.843. The second kappa shape index (κ2) is 7.70. The quantitative estimate of drug-likeness (QED) is 0.341. The van der Waals surface area contributed by atoms with Crippen LogP contribution in [0.25, 0.3) is 0 Å². The molecule has 3 aliphatic rings. The Labute approximate surface area is 164 Å². The van der Waals surface area contributed by atoms with Gasteiger partial charge in [-0.25, -0.2) is 0 Å². The molecule has 0 unspecified atom stereocenters. The summed E-state index contributed by atoms with van der Waals surface area (Å²) in [5, 5.41) is 0. The Hall–Kier alpha value is 0.250. The van der Waals surface area contributed by atoms with Crippen molar-refractivity contribution in [3.63, 3.8) is 0 Å². The monoisotopic (exact) mass is 386 g/mol. The van der Waals surface area contributed by atoms with Crippen LogP contribution in [0, 0.1) is 22.7 Å². The molecule has 1 nitrogen and oxygen atoms in total. The van der Waals surface area contributed by atoms with Gasteiger partial charge in [-0.05, 0) is 63.2 Å². The van der Waals surface area contributed by atoms with E-state index in [1.807, 2.05) is 0 Å². The van der Waals surface area contributed by atoms with Crippen molar-refractivity contribution in [1.29, 1.82) is 0 Å². The van der Waals surface area contributed by atoms with Crippen LogP contribution < -0.4 is 0 Å². The summed E-state index contributed by atoms with van der Waals surface area (Å²) in [6.07, 6.45) is 16.0. The first-order valence-corrected chi connectivity index (χ1v) is 11.6. The second-order valence-corrected chi connectivity index (χ2v) is 10.6. The number of rotatable bonds is 6. The number of unbranched alkanes of at least 4 members (excludes halogenated alkanes) is 2. The zero-order valence-electron chi connectivity index (χ0n) is 16.2. The van der Waals surface area contributed by atoms with Crippen LogP contribution in [0.4, 0.5) is 0 Å². The number of hydrogen-bond acceptors (Lipinski definition) is 1. The van der Waals surface area contributed by atoms with Crippen molar-refractivity contribution in [2.75, 3.05) is 0 Å². The lowest BCUT2D eigenvalue weighted by molar-refractivity contribution is -0.172. The van der Waals surface area contributed by atoms with Gasteiger partial charge in [-0.2, -0.15) is 0 Å². The molecule has 0 N–H and O–H groups in total. The minimum absolute atomic E-state index is 0.421. The van der Waals surface area contributed by atoms with Crippen molar-refractivity contribution >= 4 is 29.0 Å². The second-order valence-electron chi connectivity index (χ2n) is 9.24. The van der Waals surface area contributed by atoms with E-state index in [-0.39, 0.29) is 0 Å². The van der Waals surface area contributed by atoms with E-state index in [1.165, 1.54) is 38.5 Å². The average Bonchev–Trinajstić information content (AvgIpc) is 2.62. The number of alkyl halides is 2. The zero-order chi connectivity index (χ0) is 18.1. The Morgan fingerprint density at radius 2 is 1.28 bits per heavy atom. The molecule has 0 radical (unpaired) electrons. The number of hydrogen-bond donors (Lipinski definition) is 0. The fourth-order valence-corrected chi connectivity index (χ4v) is 7.33. The predicted octanol–water partition coefficient (Wildman–Crippen LogP) is 7.48. The Balaban J connectivity index is 1.61. The third-order valence-electron chi connectivity index (χ3n) is 7.90.